The SMILES string of the molecule is CSCCN1C(=O)C(C(C)C)NC1c1ccsc1. The number of carbonyl (C=O) groups excluding carboxylic acids is 1. The lowest BCUT2D eigenvalue weighted by atomic mass is 10.1. The molecule has 18 heavy (non-hydrogen) atoms. The van der Waals surface area contributed by atoms with Gasteiger partial charge in [0.2, 0.25) is 5.91 Å². The topological polar surface area (TPSA) is 32.3 Å². The highest BCUT2D eigenvalue weighted by Crippen LogP contribution is 2.29. The van der Waals surface area contributed by atoms with E-state index in [-0.39, 0.29) is 18.1 Å². The fourth-order valence-corrected chi connectivity index (χ4v) is 3.31. The Morgan fingerprint density at radius 2 is 2.33 bits per heavy atom. The second kappa shape index (κ2) is 6.08. The standard InChI is InChI=1S/C13H20N2OS2/c1-9(2)11-13(16)15(5-7-17-3)12(14-11)10-4-6-18-8-10/h4,6,8-9,11-12,14H,5,7H2,1-3H3. The van der Waals surface area contributed by atoms with Gasteiger partial charge in [-0.1, -0.05) is 13.8 Å². The van der Waals surface area contributed by atoms with E-state index in [1.165, 1.54) is 5.56 Å². The van der Waals surface area contributed by atoms with Gasteiger partial charge in [-0.25, -0.2) is 0 Å². The molecule has 0 aliphatic carbocycles. The maximum absolute atomic E-state index is 12.4. The number of nitrogens with zero attached hydrogens (tertiary/aromatic N) is 1. The van der Waals surface area contributed by atoms with Gasteiger partial charge in [0.05, 0.1) is 6.04 Å². The number of nitrogens with one attached hydrogen (secondary N) is 1. The van der Waals surface area contributed by atoms with E-state index >= 15 is 0 Å². The van der Waals surface area contributed by atoms with E-state index in [0.29, 0.717) is 5.92 Å². The summed E-state index contributed by atoms with van der Waals surface area (Å²) in [5.41, 5.74) is 1.21. The molecule has 100 valence electrons. The molecule has 0 radical (unpaired) electrons. The number of hydrogen-bond acceptors (Lipinski definition) is 4. The predicted octanol–water partition coefficient (Wildman–Crippen LogP) is 2.57. The molecular weight excluding hydrogens is 264 g/mol. The molecule has 1 aromatic heterocycles. The van der Waals surface area contributed by atoms with Crippen LogP contribution in [0.15, 0.2) is 16.8 Å². The summed E-state index contributed by atoms with van der Waals surface area (Å²) in [4.78, 5) is 14.4. The van der Waals surface area contributed by atoms with Crippen LogP contribution in [0.3, 0.4) is 0 Å². The van der Waals surface area contributed by atoms with Crippen LogP contribution >= 0.6 is 23.1 Å². The van der Waals surface area contributed by atoms with E-state index in [1.807, 2.05) is 4.90 Å². The molecule has 1 aromatic rings. The second-order valence-corrected chi connectivity index (χ2v) is 6.64. The van der Waals surface area contributed by atoms with Gasteiger partial charge >= 0.3 is 0 Å². The summed E-state index contributed by atoms with van der Waals surface area (Å²) in [5.74, 6) is 1.56. The summed E-state index contributed by atoms with van der Waals surface area (Å²) in [6.45, 7) is 5.01. The van der Waals surface area contributed by atoms with Crippen molar-refractivity contribution in [2.75, 3.05) is 18.6 Å². The molecule has 1 fully saturated rings. The number of amides is 1. The first kappa shape index (κ1) is 13.9. The van der Waals surface area contributed by atoms with Crippen LogP contribution in [0.1, 0.15) is 25.6 Å². The van der Waals surface area contributed by atoms with Crippen LogP contribution in [-0.2, 0) is 4.79 Å². The van der Waals surface area contributed by atoms with Gasteiger partial charge < -0.3 is 4.90 Å². The minimum Gasteiger partial charge on any atom is -0.321 e. The van der Waals surface area contributed by atoms with Gasteiger partial charge in [0, 0.05) is 12.3 Å². The predicted molar refractivity (Wildman–Crippen MR) is 78.9 cm³/mol. The second-order valence-electron chi connectivity index (χ2n) is 4.87. The summed E-state index contributed by atoms with van der Waals surface area (Å²) in [6.07, 6.45) is 2.14. The van der Waals surface area contributed by atoms with Crippen LogP contribution < -0.4 is 5.32 Å². The van der Waals surface area contributed by atoms with Crippen molar-refractivity contribution in [2.24, 2.45) is 5.92 Å². The van der Waals surface area contributed by atoms with Gasteiger partial charge in [-0.05, 0) is 34.6 Å². The zero-order chi connectivity index (χ0) is 13.1. The molecule has 1 amide bonds. The molecule has 2 rings (SSSR count). The Labute approximate surface area is 117 Å². The van der Waals surface area contributed by atoms with E-state index in [9.17, 15) is 4.79 Å². The van der Waals surface area contributed by atoms with Crippen LogP contribution in [0.2, 0.25) is 0 Å². The van der Waals surface area contributed by atoms with Gasteiger partial charge in [0.25, 0.3) is 0 Å². The van der Waals surface area contributed by atoms with Gasteiger partial charge in [-0.3, -0.25) is 10.1 Å². The van der Waals surface area contributed by atoms with Crippen LogP contribution in [0.4, 0.5) is 0 Å². The maximum Gasteiger partial charge on any atom is 0.241 e. The average molecular weight is 284 g/mol. The first-order valence-corrected chi connectivity index (χ1v) is 8.56. The molecular formula is C13H20N2OS2. The fourth-order valence-electron chi connectivity index (χ4n) is 2.25. The first-order valence-electron chi connectivity index (χ1n) is 6.22. The summed E-state index contributed by atoms with van der Waals surface area (Å²) >= 11 is 3.46. The normalized spacial score (nSPS) is 24.2. The highest BCUT2D eigenvalue weighted by Gasteiger charge is 2.40. The summed E-state index contributed by atoms with van der Waals surface area (Å²) in [5, 5.41) is 7.67. The monoisotopic (exact) mass is 284 g/mol. The number of hydrogen-bond donors (Lipinski definition) is 1. The van der Waals surface area contributed by atoms with Crippen molar-refractivity contribution in [3.63, 3.8) is 0 Å². The Kier molecular flexibility index (Phi) is 4.70. The molecule has 5 heteroatoms. The van der Waals surface area contributed by atoms with Crippen molar-refractivity contribution in [1.82, 2.24) is 10.2 Å². The third kappa shape index (κ3) is 2.73. The van der Waals surface area contributed by atoms with Gasteiger partial charge in [-0.2, -0.15) is 23.1 Å². The van der Waals surface area contributed by atoms with Crippen LogP contribution in [0.25, 0.3) is 0 Å². The molecule has 3 nitrogen and oxygen atoms in total. The highest BCUT2D eigenvalue weighted by molar-refractivity contribution is 7.98. The van der Waals surface area contributed by atoms with E-state index in [2.05, 4.69) is 42.2 Å². The smallest absolute Gasteiger partial charge is 0.241 e. The van der Waals surface area contributed by atoms with Gasteiger partial charge in [0.15, 0.2) is 0 Å². The molecule has 2 unspecified atom stereocenters. The Balaban J connectivity index is 2.18. The summed E-state index contributed by atoms with van der Waals surface area (Å²) in [6, 6.07) is 2.06. The molecule has 0 bridgehead atoms. The van der Waals surface area contributed by atoms with Crippen molar-refractivity contribution < 1.29 is 4.79 Å². The lowest BCUT2D eigenvalue weighted by Crippen LogP contribution is -2.35. The Hall–Kier alpha value is -0.520. The third-order valence-corrected chi connectivity index (χ3v) is 4.55. The minimum atomic E-state index is -0.0447. The third-order valence-electron chi connectivity index (χ3n) is 3.26. The molecule has 2 heterocycles. The number of rotatable bonds is 5. The van der Waals surface area contributed by atoms with Crippen LogP contribution in [-0.4, -0.2) is 35.4 Å². The molecule has 2 atom stereocenters. The number of thioether (sulfide) groups is 1. The van der Waals surface area contributed by atoms with E-state index in [1.54, 1.807) is 23.1 Å². The largest absolute Gasteiger partial charge is 0.321 e. The summed E-state index contributed by atoms with van der Waals surface area (Å²) < 4.78 is 0. The Morgan fingerprint density at radius 1 is 1.56 bits per heavy atom. The maximum atomic E-state index is 12.4. The Bertz CT molecular complexity index is 392. The fraction of sp³-hybridized carbons (Fsp3) is 0.615. The van der Waals surface area contributed by atoms with E-state index < -0.39 is 0 Å². The van der Waals surface area contributed by atoms with Gasteiger partial charge in [-0.15, -0.1) is 0 Å². The van der Waals surface area contributed by atoms with Gasteiger partial charge in [0.1, 0.15) is 6.17 Å². The van der Waals surface area contributed by atoms with Crippen LogP contribution in [0.5, 0.6) is 0 Å². The van der Waals surface area contributed by atoms with Crippen molar-refractivity contribution in [1.29, 1.82) is 0 Å². The van der Waals surface area contributed by atoms with Crippen molar-refractivity contribution in [3.05, 3.63) is 22.4 Å². The molecule has 1 aliphatic heterocycles. The molecule has 0 aromatic carbocycles. The molecule has 1 aliphatic rings. The van der Waals surface area contributed by atoms with Crippen molar-refractivity contribution in [2.45, 2.75) is 26.1 Å². The number of thiophene rings is 1. The van der Waals surface area contributed by atoms with Crippen molar-refractivity contribution in [3.8, 4) is 0 Å². The first-order chi connectivity index (χ1) is 8.65. The highest BCUT2D eigenvalue weighted by atomic mass is 32.2. The molecule has 1 N–H and O–H groups in total. The minimum absolute atomic E-state index is 0.0447. The molecule has 0 spiro atoms. The zero-order valence-corrected chi connectivity index (χ0v) is 12.7. The molecule has 1 saturated heterocycles. The summed E-state index contributed by atoms with van der Waals surface area (Å²) in [7, 11) is 0. The van der Waals surface area contributed by atoms with Crippen molar-refractivity contribution >= 4 is 29.0 Å². The lowest BCUT2D eigenvalue weighted by molar-refractivity contribution is -0.130. The van der Waals surface area contributed by atoms with E-state index in [0.717, 1.165) is 12.3 Å². The average Bonchev–Trinajstić information content (AvgIpc) is 2.94. The Morgan fingerprint density at radius 3 is 2.89 bits per heavy atom. The molecule has 0 saturated carbocycles. The number of carbonyl (C=O) groups is 1. The van der Waals surface area contributed by atoms with Crippen LogP contribution in [0, 0.1) is 5.92 Å². The quantitative estimate of drug-likeness (QED) is 0.902. The zero-order valence-electron chi connectivity index (χ0n) is 11.1. The van der Waals surface area contributed by atoms with E-state index in [4.69, 9.17) is 0 Å². The lowest BCUT2D eigenvalue weighted by Gasteiger charge is -2.23.